The van der Waals surface area contributed by atoms with E-state index in [0.29, 0.717) is 0 Å². The molecule has 0 radical (unpaired) electrons. The summed E-state index contributed by atoms with van der Waals surface area (Å²) in [6, 6.07) is 20.0. The quantitative estimate of drug-likeness (QED) is 0.405. The Balaban J connectivity index is 1.28. The average molecular weight is 407 g/mol. The third-order valence-corrected chi connectivity index (χ3v) is 6.06. The standard InChI is InChI=1S/C26H21N3O2/c30-25(14-18-15-31-24-13-17-7-5-6-16(17)12-20(18)24)27-21-9-2-1-8-19(21)26-28-22-10-3-4-11-23(22)29-26/h1-4,8-13,15H,5-7,14H2,(H,27,30)(H,28,29). The molecule has 1 amide bonds. The summed E-state index contributed by atoms with van der Waals surface area (Å²) in [6.07, 6.45) is 5.38. The van der Waals surface area contributed by atoms with Crippen LogP contribution in [0.15, 0.2) is 71.3 Å². The van der Waals surface area contributed by atoms with Crippen molar-refractivity contribution in [2.75, 3.05) is 5.32 Å². The molecule has 0 saturated carbocycles. The van der Waals surface area contributed by atoms with Gasteiger partial charge in [-0.2, -0.15) is 0 Å². The van der Waals surface area contributed by atoms with Crippen LogP contribution < -0.4 is 5.32 Å². The molecule has 3 aromatic carbocycles. The lowest BCUT2D eigenvalue weighted by molar-refractivity contribution is -0.115. The minimum absolute atomic E-state index is 0.0771. The van der Waals surface area contributed by atoms with E-state index in [-0.39, 0.29) is 12.3 Å². The number of para-hydroxylation sites is 3. The fourth-order valence-electron chi connectivity index (χ4n) is 4.53. The first-order chi connectivity index (χ1) is 15.2. The molecule has 0 aliphatic heterocycles. The molecule has 0 spiro atoms. The number of furan rings is 1. The smallest absolute Gasteiger partial charge is 0.228 e. The van der Waals surface area contributed by atoms with Gasteiger partial charge in [0.05, 0.1) is 29.4 Å². The predicted octanol–water partition coefficient (Wildman–Crippen LogP) is 5.65. The lowest BCUT2D eigenvalue weighted by Crippen LogP contribution is -2.15. The number of carbonyl (C=O) groups excluding carboxylic acids is 1. The average Bonchev–Trinajstić information content (AvgIpc) is 3.50. The van der Waals surface area contributed by atoms with E-state index in [2.05, 4.69) is 27.4 Å². The van der Waals surface area contributed by atoms with Crippen molar-refractivity contribution in [1.29, 1.82) is 0 Å². The van der Waals surface area contributed by atoms with Gasteiger partial charge in [0.15, 0.2) is 0 Å². The molecule has 0 bridgehead atoms. The van der Waals surface area contributed by atoms with Crippen LogP contribution in [-0.4, -0.2) is 15.9 Å². The number of benzene rings is 3. The van der Waals surface area contributed by atoms with Gasteiger partial charge in [0.25, 0.3) is 0 Å². The van der Waals surface area contributed by atoms with Crippen LogP contribution in [0.25, 0.3) is 33.4 Å². The molecule has 0 unspecified atom stereocenters. The highest BCUT2D eigenvalue weighted by molar-refractivity contribution is 5.98. The Labute approximate surface area is 179 Å². The van der Waals surface area contributed by atoms with Gasteiger partial charge in [-0.05, 0) is 66.8 Å². The van der Waals surface area contributed by atoms with Crippen molar-refractivity contribution >= 4 is 33.6 Å². The van der Waals surface area contributed by atoms with E-state index < -0.39 is 0 Å². The third-order valence-electron chi connectivity index (χ3n) is 6.06. The molecule has 152 valence electrons. The molecule has 1 aliphatic rings. The number of aromatic nitrogens is 2. The second kappa shape index (κ2) is 7.13. The Morgan fingerprint density at radius 3 is 2.74 bits per heavy atom. The number of aryl methyl sites for hydroxylation is 2. The summed E-state index contributed by atoms with van der Waals surface area (Å²) in [5, 5.41) is 4.11. The number of nitrogens with one attached hydrogen (secondary N) is 2. The Bertz CT molecular complexity index is 1410. The number of carbonyl (C=O) groups is 1. The van der Waals surface area contributed by atoms with Crippen molar-refractivity contribution in [1.82, 2.24) is 9.97 Å². The summed E-state index contributed by atoms with van der Waals surface area (Å²) < 4.78 is 5.76. The first-order valence-electron chi connectivity index (χ1n) is 10.6. The SMILES string of the molecule is O=C(Cc1coc2cc3c(cc12)CCC3)Nc1ccccc1-c1nc2ccccc2[nH]1. The molecule has 0 saturated heterocycles. The number of H-pyrrole nitrogens is 1. The first kappa shape index (κ1) is 18.0. The maximum atomic E-state index is 12.9. The minimum atomic E-state index is -0.0771. The fourth-order valence-corrected chi connectivity index (χ4v) is 4.53. The van der Waals surface area contributed by atoms with E-state index in [1.54, 1.807) is 6.26 Å². The maximum absolute atomic E-state index is 12.9. The van der Waals surface area contributed by atoms with Crippen molar-refractivity contribution in [3.8, 4) is 11.4 Å². The van der Waals surface area contributed by atoms with Crippen molar-refractivity contribution in [2.24, 2.45) is 0 Å². The summed E-state index contributed by atoms with van der Waals surface area (Å²) >= 11 is 0. The summed E-state index contributed by atoms with van der Waals surface area (Å²) in [6.45, 7) is 0. The zero-order valence-corrected chi connectivity index (χ0v) is 16.9. The Morgan fingerprint density at radius 2 is 1.84 bits per heavy atom. The number of aromatic amines is 1. The van der Waals surface area contributed by atoms with E-state index in [4.69, 9.17) is 4.42 Å². The van der Waals surface area contributed by atoms with Crippen LogP contribution in [0.2, 0.25) is 0 Å². The topological polar surface area (TPSA) is 70.9 Å². The number of fused-ring (bicyclic) bond motifs is 3. The number of hydrogen-bond acceptors (Lipinski definition) is 3. The van der Waals surface area contributed by atoms with Gasteiger partial charge >= 0.3 is 0 Å². The molecule has 0 fully saturated rings. The van der Waals surface area contributed by atoms with Gasteiger partial charge in [-0.1, -0.05) is 24.3 Å². The molecule has 5 aromatic rings. The van der Waals surface area contributed by atoms with Crippen LogP contribution in [0, 0.1) is 0 Å². The van der Waals surface area contributed by atoms with Gasteiger partial charge in [-0.3, -0.25) is 4.79 Å². The molecule has 5 heteroatoms. The predicted molar refractivity (Wildman–Crippen MR) is 122 cm³/mol. The van der Waals surface area contributed by atoms with E-state index in [1.165, 1.54) is 17.5 Å². The van der Waals surface area contributed by atoms with E-state index >= 15 is 0 Å². The van der Waals surface area contributed by atoms with Crippen molar-refractivity contribution in [2.45, 2.75) is 25.7 Å². The largest absolute Gasteiger partial charge is 0.464 e. The lowest BCUT2D eigenvalue weighted by Gasteiger charge is -2.09. The van der Waals surface area contributed by atoms with Gasteiger partial charge in [0, 0.05) is 16.5 Å². The second-order valence-corrected chi connectivity index (χ2v) is 8.10. The van der Waals surface area contributed by atoms with Crippen LogP contribution in [0.3, 0.4) is 0 Å². The summed E-state index contributed by atoms with van der Waals surface area (Å²) in [4.78, 5) is 21.0. The molecule has 5 nitrogen and oxygen atoms in total. The Morgan fingerprint density at radius 1 is 1.03 bits per heavy atom. The van der Waals surface area contributed by atoms with E-state index in [0.717, 1.165) is 57.5 Å². The van der Waals surface area contributed by atoms with E-state index in [9.17, 15) is 4.79 Å². The highest BCUT2D eigenvalue weighted by atomic mass is 16.3. The minimum Gasteiger partial charge on any atom is -0.464 e. The first-order valence-corrected chi connectivity index (χ1v) is 10.6. The number of imidazole rings is 1. The van der Waals surface area contributed by atoms with E-state index in [1.807, 2.05) is 48.5 Å². The lowest BCUT2D eigenvalue weighted by atomic mass is 10.0. The molecule has 31 heavy (non-hydrogen) atoms. The number of amides is 1. The summed E-state index contributed by atoms with van der Waals surface area (Å²) in [7, 11) is 0. The summed E-state index contributed by atoms with van der Waals surface area (Å²) in [5.74, 6) is 0.660. The normalized spacial score (nSPS) is 13.0. The number of hydrogen-bond donors (Lipinski definition) is 2. The van der Waals surface area contributed by atoms with Crippen LogP contribution in [-0.2, 0) is 24.1 Å². The fraction of sp³-hybridized carbons (Fsp3) is 0.154. The highest BCUT2D eigenvalue weighted by Gasteiger charge is 2.18. The second-order valence-electron chi connectivity index (χ2n) is 8.10. The molecule has 2 heterocycles. The van der Waals surface area contributed by atoms with Gasteiger partial charge in [-0.15, -0.1) is 0 Å². The van der Waals surface area contributed by atoms with Gasteiger partial charge < -0.3 is 14.7 Å². The van der Waals surface area contributed by atoms with Gasteiger partial charge in [0.2, 0.25) is 5.91 Å². The van der Waals surface area contributed by atoms with Crippen LogP contribution in [0.1, 0.15) is 23.1 Å². The Hall–Kier alpha value is -3.86. The zero-order valence-electron chi connectivity index (χ0n) is 16.9. The van der Waals surface area contributed by atoms with Gasteiger partial charge in [-0.25, -0.2) is 4.98 Å². The third kappa shape index (κ3) is 3.19. The van der Waals surface area contributed by atoms with Gasteiger partial charge in [0.1, 0.15) is 11.4 Å². The Kier molecular flexibility index (Phi) is 4.13. The van der Waals surface area contributed by atoms with Crippen LogP contribution >= 0.6 is 0 Å². The molecular formula is C26H21N3O2. The number of anilines is 1. The van der Waals surface area contributed by atoms with Crippen molar-refractivity contribution < 1.29 is 9.21 Å². The van der Waals surface area contributed by atoms with Crippen molar-refractivity contribution in [3.63, 3.8) is 0 Å². The molecule has 2 aromatic heterocycles. The summed E-state index contributed by atoms with van der Waals surface area (Å²) in [5.41, 5.74) is 8.01. The zero-order chi connectivity index (χ0) is 20.8. The number of rotatable bonds is 4. The monoisotopic (exact) mass is 407 g/mol. The molecule has 1 aliphatic carbocycles. The van der Waals surface area contributed by atoms with Crippen molar-refractivity contribution in [3.05, 3.63) is 83.6 Å². The molecule has 6 rings (SSSR count). The molecular weight excluding hydrogens is 386 g/mol. The molecule has 2 N–H and O–H groups in total. The number of nitrogens with zero attached hydrogens (tertiary/aromatic N) is 1. The molecule has 0 atom stereocenters. The van der Waals surface area contributed by atoms with Crippen LogP contribution in [0.4, 0.5) is 5.69 Å². The van der Waals surface area contributed by atoms with Crippen LogP contribution in [0.5, 0.6) is 0 Å². The maximum Gasteiger partial charge on any atom is 0.228 e. The highest BCUT2D eigenvalue weighted by Crippen LogP contribution is 2.31.